The minimum atomic E-state index is 0. The summed E-state index contributed by atoms with van der Waals surface area (Å²) in [5, 5.41) is 0. The Kier molecular flexibility index (Phi) is 6.89. The first-order chi connectivity index (χ1) is 6.29. The third-order valence-corrected chi connectivity index (χ3v) is 1.85. The van der Waals surface area contributed by atoms with Gasteiger partial charge in [-0.3, -0.25) is 0 Å². The van der Waals surface area contributed by atoms with E-state index >= 15 is 0 Å². The van der Waals surface area contributed by atoms with Crippen LogP contribution in [0.2, 0.25) is 0 Å². The molecule has 0 aromatic heterocycles. The maximum Gasteiger partial charge on any atom is 0.125 e. The van der Waals surface area contributed by atoms with Crippen LogP contribution in [0.15, 0.2) is 18.2 Å². The van der Waals surface area contributed by atoms with Crippen molar-refractivity contribution in [3.63, 3.8) is 0 Å². The first-order valence-electron chi connectivity index (χ1n) is 4.44. The molecule has 75 valence electrons. The Morgan fingerprint density at radius 1 is 1.29 bits per heavy atom. The molecule has 0 aliphatic carbocycles. The monoisotopic (exact) mass is 224 g/mol. The van der Waals surface area contributed by atoms with Gasteiger partial charge in [-0.2, -0.15) is 7.11 Å². The topological polar surface area (TPSA) is 18.5 Å². The second-order valence-electron chi connectivity index (χ2n) is 2.87. The zero-order valence-electron chi connectivity index (χ0n) is 8.75. The molecule has 0 unspecified atom stereocenters. The summed E-state index contributed by atoms with van der Waals surface area (Å²) in [4.78, 5) is 0. The smallest absolute Gasteiger partial charge is 0.125 e. The molecule has 0 atom stereocenters. The van der Waals surface area contributed by atoms with E-state index in [1.807, 2.05) is 25.1 Å². The molecular formula is C11H15O2Sc-. The van der Waals surface area contributed by atoms with E-state index in [-0.39, 0.29) is 25.8 Å². The molecule has 2 nitrogen and oxygen atoms in total. The largest absolute Gasteiger partial charge is 0.665 e. The summed E-state index contributed by atoms with van der Waals surface area (Å²) in [5.41, 5.74) is 1.01. The summed E-state index contributed by atoms with van der Waals surface area (Å²) in [6.45, 7) is 4.78. The quantitative estimate of drug-likeness (QED) is 0.732. The molecule has 1 rings (SSSR count). The van der Waals surface area contributed by atoms with E-state index < -0.39 is 0 Å². The predicted octanol–water partition coefficient (Wildman–Crippen LogP) is 2.95. The summed E-state index contributed by atoms with van der Waals surface area (Å²) in [6, 6.07) is 5.72. The van der Waals surface area contributed by atoms with Crippen LogP contribution in [-0.2, 0) is 25.8 Å². The van der Waals surface area contributed by atoms with Gasteiger partial charge in [-0.15, -0.1) is 0 Å². The second-order valence-corrected chi connectivity index (χ2v) is 2.87. The van der Waals surface area contributed by atoms with Crippen LogP contribution in [0.5, 0.6) is 11.5 Å². The Balaban J connectivity index is 0.00000169. The van der Waals surface area contributed by atoms with E-state index in [9.17, 15) is 0 Å². The van der Waals surface area contributed by atoms with Crippen LogP contribution in [0.3, 0.4) is 0 Å². The Bertz CT molecular complexity index is 274. The molecule has 0 saturated carbocycles. The molecule has 1 radical (unpaired) electrons. The van der Waals surface area contributed by atoms with Gasteiger partial charge in [0.2, 0.25) is 0 Å². The molecule has 0 bridgehead atoms. The van der Waals surface area contributed by atoms with E-state index in [1.165, 1.54) is 0 Å². The first kappa shape index (κ1) is 13.7. The van der Waals surface area contributed by atoms with Crippen LogP contribution in [0.4, 0.5) is 0 Å². The number of hydrogen-bond donors (Lipinski definition) is 0. The molecule has 1 aromatic rings. The van der Waals surface area contributed by atoms with Crippen LogP contribution >= 0.6 is 0 Å². The molecule has 0 amide bonds. The normalized spacial score (nSPS) is 9.07. The molecule has 1 aromatic carbocycles. The fraction of sp³-hybridized carbons (Fsp3) is 0.364. The van der Waals surface area contributed by atoms with Gasteiger partial charge in [0.25, 0.3) is 0 Å². The molecule has 0 aliphatic heterocycles. The zero-order valence-corrected chi connectivity index (χ0v) is 10.6. The minimum absolute atomic E-state index is 0. The minimum Gasteiger partial charge on any atom is -0.665 e. The van der Waals surface area contributed by atoms with Crippen molar-refractivity contribution in [2.45, 2.75) is 20.3 Å². The average molecular weight is 224 g/mol. The molecule has 0 N–H and O–H groups in total. The van der Waals surface area contributed by atoms with Crippen LogP contribution in [-0.4, -0.2) is 6.61 Å². The summed E-state index contributed by atoms with van der Waals surface area (Å²) >= 11 is 0. The Morgan fingerprint density at radius 2 is 1.93 bits per heavy atom. The summed E-state index contributed by atoms with van der Waals surface area (Å²) < 4.78 is 10.5. The van der Waals surface area contributed by atoms with Gasteiger partial charge in [-0.25, -0.2) is 0 Å². The maximum atomic E-state index is 5.52. The second kappa shape index (κ2) is 7.04. The number of rotatable bonds is 4. The molecular weight excluding hydrogens is 209 g/mol. The SMILES string of the molecule is [CH2-]Oc1cccc(OCCC)c1C.[Sc]. The van der Waals surface area contributed by atoms with Crippen molar-refractivity contribution in [2.75, 3.05) is 6.61 Å². The van der Waals surface area contributed by atoms with Crippen molar-refractivity contribution in [3.8, 4) is 11.5 Å². The summed E-state index contributed by atoms with van der Waals surface area (Å²) in [6.07, 6.45) is 1.01. The van der Waals surface area contributed by atoms with E-state index in [1.54, 1.807) is 0 Å². The average Bonchev–Trinajstić information content (AvgIpc) is 2.16. The van der Waals surface area contributed by atoms with Gasteiger partial charge in [0, 0.05) is 31.4 Å². The third kappa shape index (κ3) is 3.45. The molecule has 14 heavy (non-hydrogen) atoms. The van der Waals surface area contributed by atoms with Gasteiger partial charge < -0.3 is 9.47 Å². The van der Waals surface area contributed by atoms with Crippen molar-refractivity contribution in [1.82, 2.24) is 0 Å². The van der Waals surface area contributed by atoms with Gasteiger partial charge in [0.1, 0.15) is 5.75 Å². The van der Waals surface area contributed by atoms with Crippen LogP contribution < -0.4 is 9.47 Å². The van der Waals surface area contributed by atoms with E-state index in [0.29, 0.717) is 0 Å². The van der Waals surface area contributed by atoms with Gasteiger partial charge in [-0.05, 0) is 25.5 Å². The van der Waals surface area contributed by atoms with E-state index in [4.69, 9.17) is 9.47 Å². The third-order valence-electron chi connectivity index (χ3n) is 1.85. The number of ether oxygens (including phenoxy) is 2. The van der Waals surface area contributed by atoms with Gasteiger partial charge in [-0.1, -0.05) is 13.0 Å². The Labute approximate surface area is 104 Å². The molecule has 0 heterocycles. The van der Waals surface area contributed by atoms with E-state index in [2.05, 4.69) is 14.0 Å². The maximum absolute atomic E-state index is 5.52. The van der Waals surface area contributed by atoms with Crippen LogP contribution in [0, 0.1) is 14.0 Å². The number of hydrogen-bond acceptors (Lipinski definition) is 2. The zero-order chi connectivity index (χ0) is 9.68. The fourth-order valence-electron chi connectivity index (χ4n) is 1.12. The van der Waals surface area contributed by atoms with Gasteiger partial charge in [0.15, 0.2) is 0 Å². The predicted molar refractivity (Wildman–Crippen MR) is 53.0 cm³/mol. The molecule has 3 heteroatoms. The number of benzene rings is 1. The fourth-order valence-corrected chi connectivity index (χ4v) is 1.12. The molecule has 0 spiro atoms. The first-order valence-corrected chi connectivity index (χ1v) is 4.44. The molecule has 0 saturated heterocycles. The van der Waals surface area contributed by atoms with Crippen LogP contribution in [0.25, 0.3) is 0 Å². The Morgan fingerprint density at radius 3 is 2.50 bits per heavy atom. The van der Waals surface area contributed by atoms with E-state index in [0.717, 1.165) is 30.1 Å². The Hall–Kier alpha value is -0.310. The van der Waals surface area contributed by atoms with Gasteiger partial charge in [0.05, 0.1) is 12.4 Å². The van der Waals surface area contributed by atoms with Gasteiger partial charge >= 0.3 is 0 Å². The van der Waals surface area contributed by atoms with Crippen molar-refractivity contribution in [1.29, 1.82) is 0 Å². The summed E-state index contributed by atoms with van der Waals surface area (Å²) in [7, 11) is 3.38. The van der Waals surface area contributed by atoms with Crippen molar-refractivity contribution < 1.29 is 35.3 Å². The van der Waals surface area contributed by atoms with Crippen molar-refractivity contribution in [2.24, 2.45) is 0 Å². The standard InChI is InChI=1S/C11H15O2.Sc/c1-4-8-13-11-7-5-6-10(12-3)9(11)2;/h5-7H,3-4,8H2,1-2H3;/q-1;. The van der Waals surface area contributed by atoms with Crippen LogP contribution in [0.1, 0.15) is 18.9 Å². The summed E-state index contributed by atoms with van der Waals surface area (Å²) in [5.74, 6) is 1.65. The molecule has 0 aliphatic rings. The van der Waals surface area contributed by atoms with Crippen molar-refractivity contribution >= 4 is 0 Å². The molecule has 0 fully saturated rings. The van der Waals surface area contributed by atoms with Crippen molar-refractivity contribution in [3.05, 3.63) is 30.9 Å².